The number of nitrogens with zero attached hydrogens (tertiary/aromatic N) is 3. The minimum Gasteiger partial charge on any atom is -0.466 e. The number of hydrogen-bond acceptors (Lipinski definition) is 6. The molecule has 1 saturated heterocycles. The number of aromatic nitrogens is 2. The van der Waals surface area contributed by atoms with E-state index in [0.29, 0.717) is 24.7 Å². The molecule has 1 atom stereocenters. The van der Waals surface area contributed by atoms with E-state index in [-0.39, 0.29) is 11.9 Å². The Bertz CT molecular complexity index is 763. The Balaban J connectivity index is 1.86. The highest BCUT2D eigenvalue weighted by Crippen LogP contribution is 2.26. The first-order valence-corrected chi connectivity index (χ1v) is 8.70. The van der Waals surface area contributed by atoms with Crippen LogP contribution in [0.15, 0.2) is 30.3 Å². The number of ether oxygens (including phenoxy) is 1. The number of nitrogen functional groups attached to an aromatic ring is 1. The topological polar surface area (TPSA) is 81.3 Å². The van der Waals surface area contributed by atoms with Gasteiger partial charge in [-0.05, 0) is 38.8 Å². The molecule has 1 aromatic carbocycles. The molecule has 6 heteroatoms. The summed E-state index contributed by atoms with van der Waals surface area (Å²) in [5, 5.41) is 0. The van der Waals surface area contributed by atoms with Gasteiger partial charge in [-0.2, -0.15) is 0 Å². The number of aryl methyl sites for hydroxylation is 1. The summed E-state index contributed by atoms with van der Waals surface area (Å²) < 4.78 is 5.18. The predicted molar refractivity (Wildman–Crippen MR) is 98.2 cm³/mol. The van der Waals surface area contributed by atoms with Crippen LogP contribution in [0.3, 0.4) is 0 Å². The molecule has 132 valence electrons. The van der Waals surface area contributed by atoms with Crippen molar-refractivity contribution in [2.45, 2.75) is 26.7 Å². The first-order valence-electron chi connectivity index (χ1n) is 8.70. The lowest BCUT2D eigenvalue weighted by molar-refractivity contribution is -0.148. The van der Waals surface area contributed by atoms with Gasteiger partial charge in [-0.25, -0.2) is 9.97 Å². The summed E-state index contributed by atoms with van der Waals surface area (Å²) in [6, 6.07) is 9.52. The molecule has 0 unspecified atom stereocenters. The lowest BCUT2D eigenvalue weighted by atomic mass is 9.98. The molecule has 0 aliphatic carbocycles. The van der Waals surface area contributed by atoms with Crippen LogP contribution < -0.4 is 10.6 Å². The highest BCUT2D eigenvalue weighted by molar-refractivity contribution is 5.73. The Morgan fingerprint density at radius 1 is 1.36 bits per heavy atom. The molecule has 0 amide bonds. The smallest absolute Gasteiger partial charge is 0.310 e. The van der Waals surface area contributed by atoms with Crippen molar-refractivity contribution >= 4 is 17.5 Å². The van der Waals surface area contributed by atoms with Crippen molar-refractivity contribution in [3.8, 4) is 11.4 Å². The first kappa shape index (κ1) is 17.2. The molecular formula is C19H24N4O2. The maximum absolute atomic E-state index is 12.1. The summed E-state index contributed by atoms with van der Waals surface area (Å²) in [5.74, 6) is 1.29. The number of benzene rings is 1. The molecule has 1 aliphatic rings. The van der Waals surface area contributed by atoms with Gasteiger partial charge < -0.3 is 15.4 Å². The fourth-order valence-electron chi connectivity index (χ4n) is 3.16. The second-order valence-electron chi connectivity index (χ2n) is 6.35. The van der Waals surface area contributed by atoms with Gasteiger partial charge in [-0.1, -0.05) is 12.1 Å². The summed E-state index contributed by atoms with van der Waals surface area (Å²) in [4.78, 5) is 23.5. The van der Waals surface area contributed by atoms with Crippen LogP contribution in [0.2, 0.25) is 0 Å². The van der Waals surface area contributed by atoms with E-state index in [1.165, 1.54) is 0 Å². The maximum atomic E-state index is 12.1. The van der Waals surface area contributed by atoms with E-state index < -0.39 is 0 Å². The van der Waals surface area contributed by atoms with Gasteiger partial charge in [0.2, 0.25) is 0 Å². The standard InChI is InChI=1S/C19H24N4O2/c1-3-25-19(24)15-7-5-9-23(12-15)17-10-13(2)21-18(22-17)14-6-4-8-16(20)11-14/h4,6,8,10-11,15H,3,5,7,9,12,20H2,1-2H3/t15-/m1/s1. The zero-order chi connectivity index (χ0) is 17.8. The van der Waals surface area contributed by atoms with Gasteiger partial charge in [0.25, 0.3) is 0 Å². The summed E-state index contributed by atoms with van der Waals surface area (Å²) in [6.45, 7) is 5.72. The highest BCUT2D eigenvalue weighted by atomic mass is 16.5. The molecule has 0 spiro atoms. The average molecular weight is 340 g/mol. The van der Waals surface area contributed by atoms with E-state index in [0.717, 1.165) is 36.5 Å². The number of esters is 1. The van der Waals surface area contributed by atoms with Gasteiger partial charge in [-0.15, -0.1) is 0 Å². The first-order chi connectivity index (χ1) is 12.1. The molecule has 25 heavy (non-hydrogen) atoms. The minimum atomic E-state index is -0.117. The van der Waals surface area contributed by atoms with Gasteiger partial charge in [-0.3, -0.25) is 4.79 Å². The Morgan fingerprint density at radius 2 is 2.20 bits per heavy atom. The Labute approximate surface area is 148 Å². The highest BCUT2D eigenvalue weighted by Gasteiger charge is 2.27. The van der Waals surface area contributed by atoms with Gasteiger partial charge in [0.1, 0.15) is 5.82 Å². The van der Waals surface area contributed by atoms with E-state index >= 15 is 0 Å². The van der Waals surface area contributed by atoms with Gasteiger partial charge >= 0.3 is 5.97 Å². The van der Waals surface area contributed by atoms with Crippen molar-refractivity contribution in [2.24, 2.45) is 5.92 Å². The van der Waals surface area contributed by atoms with Crippen molar-refractivity contribution < 1.29 is 9.53 Å². The van der Waals surface area contributed by atoms with E-state index in [9.17, 15) is 4.79 Å². The summed E-state index contributed by atoms with van der Waals surface area (Å²) in [7, 11) is 0. The zero-order valence-corrected chi connectivity index (χ0v) is 14.7. The number of carbonyl (C=O) groups excluding carboxylic acids is 1. The SMILES string of the molecule is CCOC(=O)[C@@H]1CCCN(c2cc(C)nc(-c3cccc(N)c3)n2)C1. The summed E-state index contributed by atoms with van der Waals surface area (Å²) >= 11 is 0. The number of carbonyl (C=O) groups is 1. The second-order valence-corrected chi connectivity index (χ2v) is 6.35. The molecule has 2 heterocycles. The third-order valence-electron chi connectivity index (χ3n) is 4.35. The Morgan fingerprint density at radius 3 is 2.96 bits per heavy atom. The monoisotopic (exact) mass is 340 g/mol. The predicted octanol–water partition coefficient (Wildman–Crippen LogP) is 2.81. The Hall–Kier alpha value is -2.63. The second kappa shape index (κ2) is 7.51. The molecule has 1 aliphatic heterocycles. The van der Waals surface area contributed by atoms with Crippen molar-refractivity contribution in [1.82, 2.24) is 9.97 Å². The van der Waals surface area contributed by atoms with Crippen molar-refractivity contribution in [3.05, 3.63) is 36.0 Å². The number of anilines is 2. The van der Waals surface area contributed by atoms with Crippen LogP contribution in [-0.2, 0) is 9.53 Å². The molecule has 6 nitrogen and oxygen atoms in total. The number of hydrogen-bond donors (Lipinski definition) is 1. The van der Waals surface area contributed by atoms with Crippen LogP contribution >= 0.6 is 0 Å². The van der Waals surface area contributed by atoms with Crippen molar-refractivity contribution in [2.75, 3.05) is 30.3 Å². The van der Waals surface area contributed by atoms with Gasteiger partial charge in [0, 0.05) is 36.1 Å². The molecule has 2 N–H and O–H groups in total. The third-order valence-corrected chi connectivity index (χ3v) is 4.35. The van der Waals surface area contributed by atoms with E-state index in [1.807, 2.05) is 44.2 Å². The van der Waals surface area contributed by atoms with Crippen LogP contribution in [-0.4, -0.2) is 35.6 Å². The molecular weight excluding hydrogens is 316 g/mol. The molecule has 1 fully saturated rings. The maximum Gasteiger partial charge on any atom is 0.310 e. The lowest BCUT2D eigenvalue weighted by Gasteiger charge is -2.32. The van der Waals surface area contributed by atoms with Crippen LogP contribution in [0.25, 0.3) is 11.4 Å². The van der Waals surface area contributed by atoms with Crippen molar-refractivity contribution in [3.63, 3.8) is 0 Å². The number of nitrogens with two attached hydrogens (primary N) is 1. The number of piperidine rings is 1. The summed E-state index contributed by atoms with van der Waals surface area (Å²) in [6.07, 6.45) is 1.81. The largest absolute Gasteiger partial charge is 0.466 e. The van der Waals surface area contributed by atoms with Crippen LogP contribution in [0.4, 0.5) is 11.5 Å². The normalized spacial score (nSPS) is 17.4. The molecule has 1 aromatic heterocycles. The molecule has 2 aromatic rings. The average Bonchev–Trinajstić information content (AvgIpc) is 2.61. The van der Waals surface area contributed by atoms with E-state index in [4.69, 9.17) is 15.5 Å². The van der Waals surface area contributed by atoms with E-state index in [1.54, 1.807) is 0 Å². The lowest BCUT2D eigenvalue weighted by Crippen LogP contribution is -2.40. The Kier molecular flexibility index (Phi) is 5.16. The molecule has 3 rings (SSSR count). The minimum absolute atomic E-state index is 0.0974. The number of rotatable bonds is 4. The molecule has 0 saturated carbocycles. The van der Waals surface area contributed by atoms with Crippen molar-refractivity contribution in [1.29, 1.82) is 0 Å². The summed E-state index contributed by atoms with van der Waals surface area (Å²) in [5.41, 5.74) is 8.34. The van der Waals surface area contributed by atoms with E-state index in [2.05, 4.69) is 9.88 Å². The quantitative estimate of drug-likeness (QED) is 0.681. The fraction of sp³-hybridized carbons (Fsp3) is 0.421. The third kappa shape index (κ3) is 4.07. The zero-order valence-electron chi connectivity index (χ0n) is 14.7. The molecule has 0 radical (unpaired) electrons. The molecule has 0 bridgehead atoms. The van der Waals surface area contributed by atoms with Crippen LogP contribution in [0.5, 0.6) is 0 Å². The fourth-order valence-corrected chi connectivity index (χ4v) is 3.16. The van der Waals surface area contributed by atoms with Gasteiger partial charge in [0.05, 0.1) is 12.5 Å². The van der Waals surface area contributed by atoms with Crippen LogP contribution in [0.1, 0.15) is 25.5 Å². The van der Waals surface area contributed by atoms with Crippen LogP contribution in [0, 0.1) is 12.8 Å². The van der Waals surface area contributed by atoms with Gasteiger partial charge in [0.15, 0.2) is 5.82 Å².